The zero-order valence-corrected chi connectivity index (χ0v) is 16.9. The molecule has 0 saturated carbocycles. The van der Waals surface area contributed by atoms with Gasteiger partial charge in [-0.1, -0.05) is 0 Å². The first-order chi connectivity index (χ1) is 9.70. The fourth-order valence-corrected chi connectivity index (χ4v) is 5.39. The van der Waals surface area contributed by atoms with Gasteiger partial charge in [0.25, 0.3) is 0 Å². The predicted octanol–water partition coefficient (Wildman–Crippen LogP) is 6.34. The van der Waals surface area contributed by atoms with E-state index in [-0.39, 0.29) is 18.9 Å². The summed E-state index contributed by atoms with van der Waals surface area (Å²) in [5.41, 5.74) is 2.66. The van der Waals surface area contributed by atoms with E-state index in [2.05, 4.69) is 37.0 Å². The normalized spacial score (nSPS) is 11.0. The van der Waals surface area contributed by atoms with Gasteiger partial charge in [0.05, 0.1) is 0 Å². The molecule has 0 saturated heterocycles. The van der Waals surface area contributed by atoms with Crippen LogP contribution in [0.3, 0.4) is 0 Å². The molecule has 0 atom stereocenters. The van der Waals surface area contributed by atoms with E-state index in [1.165, 1.54) is 28.4 Å². The molecule has 0 aromatic heterocycles. The molecule has 0 unspecified atom stereocenters. The standard InChI is InChI=1S/C16H15Cl2.BrH.Sn/c1-2-3-16(12-4-8-14(17)9-5-12)13-6-10-15(18)11-7-13;;/h4-11,16H,1-3H2;1H;/q;;+1/p-1. The molecule has 0 spiro atoms. The number of halogens is 3. The number of hydrogen-bond acceptors (Lipinski definition) is 0. The molecular formula is C16H15BrCl2Sn. The van der Waals surface area contributed by atoms with Crippen molar-refractivity contribution in [2.45, 2.75) is 23.2 Å². The van der Waals surface area contributed by atoms with E-state index in [0.717, 1.165) is 10.0 Å². The average Bonchev–Trinajstić information content (AvgIpc) is 2.46. The van der Waals surface area contributed by atoms with Crippen molar-refractivity contribution in [1.82, 2.24) is 0 Å². The molecule has 2 aromatic rings. The van der Waals surface area contributed by atoms with Gasteiger partial charge in [-0.2, -0.15) is 0 Å². The Labute approximate surface area is 146 Å². The molecule has 0 aliphatic carbocycles. The van der Waals surface area contributed by atoms with Crippen molar-refractivity contribution in [2.24, 2.45) is 0 Å². The molecule has 0 nitrogen and oxygen atoms in total. The van der Waals surface area contributed by atoms with E-state index in [0.29, 0.717) is 5.92 Å². The molecule has 0 bridgehead atoms. The molecule has 2 radical (unpaired) electrons. The molecule has 104 valence electrons. The van der Waals surface area contributed by atoms with Crippen LogP contribution in [0.4, 0.5) is 0 Å². The molecular weight excluding hydrogens is 462 g/mol. The van der Waals surface area contributed by atoms with Gasteiger partial charge in [0.1, 0.15) is 0 Å². The maximum atomic E-state index is 5.99. The van der Waals surface area contributed by atoms with Gasteiger partial charge >= 0.3 is 148 Å². The number of rotatable bonds is 6. The Balaban J connectivity index is 2.23. The van der Waals surface area contributed by atoms with Gasteiger partial charge in [-0.05, 0) is 0 Å². The maximum absolute atomic E-state index is 5.99. The summed E-state index contributed by atoms with van der Waals surface area (Å²) in [4.78, 5) is 0. The van der Waals surface area contributed by atoms with Crippen LogP contribution in [0.15, 0.2) is 48.5 Å². The molecule has 0 aliphatic rings. The Kier molecular flexibility index (Phi) is 7.23. The van der Waals surface area contributed by atoms with E-state index < -0.39 is 0 Å². The van der Waals surface area contributed by atoms with Gasteiger partial charge in [0.15, 0.2) is 0 Å². The van der Waals surface area contributed by atoms with Crippen molar-refractivity contribution in [3.8, 4) is 0 Å². The Morgan fingerprint density at radius 1 is 0.850 bits per heavy atom. The summed E-state index contributed by atoms with van der Waals surface area (Å²) in [5.74, 6) is 0.433. The minimum atomic E-state index is -0.275. The fourth-order valence-electron chi connectivity index (χ4n) is 2.29. The van der Waals surface area contributed by atoms with E-state index in [4.69, 9.17) is 23.2 Å². The molecule has 2 rings (SSSR count). The predicted molar refractivity (Wildman–Crippen MR) is 93.5 cm³/mol. The summed E-state index contributed by atoms with van der Waals surface area (Å²) in [5, 5.41) is 1.58. The number of benzene rings is 2. The first-order valence-corrected chi connectivity index (χ1v) is 15.7. The summed E-state index contributed by atoms with van der Waals surface area (Å²) < 4.78 is 1.36. The molecule has 0 amide bonds. The third-order valence-electron chi connectivity index (χ3n) is 3.31. The van der Waals surface area contributed by atoms with Crippen molar-refractivity contribution in [1.29, 1.82) is 0 Å². The second-order valence-corrected chi connectivity index (χ2v) is 11.5. The van der Waals surface area contributed by atoms with Gasteiger partial charge in [-0.15, -0.1) is 0 Å². The second-order valence-electron chi connectivity index (χ2n) is 4.68. The van der Waals surface area contributed by atoms with Crippen LogP contribution in [-0.4, -0.2) is 18.9 Å². The third-order valence-corrected chi connectivity index (χ3v) is 8.02. The SMILES string of the molecule is Clc1ccc(C(CC[CH2][Sn][Br])c2ccc(Cl)cc2)cc1. The Morgan fingerprint density at radius 3 is 1.70 bits per heavy atom. The topological polar surface area (TPSA) is 0 Å². The van der Waals surface area contributed by atoms with Crippen LogP contribution in [0.1, 0.15) is 29.9 Å². The van der Waals surface area contributed by atoms with Gasteiger partial charge in [0.2, 0.25) is 0 Å². The molecule has 0 heterocycles. The van der Waals surface area contributed by atoms with Crippen LogP contribution < -0.4 is 0 Å². The minimum absolute atomic E-state index is 0.275. The third kappa shape index (κ3) is 4.94. The average molecular weight is 477 g/mol. The monoisotopic (exact) mass is 476 g/mol. The zero-order chi connectivity index (χ0) is 14.4. The van der Waals surface area contributed by atoms with E-state index in [1.807, 2.05) is 24.3 Å². The van der Waals surface area contributed by atoms with Gasteiger partial charge in [-0.3, -0.25) is 0 Å². The molecule has 20 heavy (non-hydrogen) atoms. The van der Waals surface area contributed by atoms with Gasteiger partial charge in [0, 0.05) is 0 Å². The summed E-state index contributed by atoms with van der Waals surface area (Å²) in [6.45, 7) is 0. The van der Waals surface area contributed by atoms with Gasteiger partial charge in [-0.25, -0.2) is 0 Å². The van der Waals surface area contributed by atoms with Crippen molar-refractivity contribution in [2.75, 3.05) is 0 Å². The molecule has 2 aromatic carbocycles. The Morgan fingerprint density at radius 2 is 1.30 bits per heavy atom. The number of hydrogen-bond donors (Lipinski definition) is 0. The van der Waals surface area contributed by atoms with E-state index in [9.17, 15) is 0 Å². The zero-order valence-electron chi connectivity index (χ0n) is 11.0. The van der Waals surface area contributed by atoms with E-state index >= 15 is 0 Å². The Hall–Kier alpha value is 0.299. The van der Waals surface area contributed by atoms with Crippen LogP contribution in [0.2, 0.25) is 14.5 Å². The second kappa shape index (κ2) is 8.67. The van der Waals surface area contributed by atoms with Crippen molar-refractivity contribution in [3.05, 3.63) is 69.7 Å². The Bertz CT molecular complexity index is 480. The summed E-state index contributed by atoms with van der Waals surface area (Å²) in [6, 6.07) is 16.4. The quantitative estimate of drug-likeness (QED) is 0.337. The molecule has 4 heteroatoms. The molecule has 0 N–H and O–H groups in total. The van der Waals surface area contributed by atoms with Crippen LogP contribution in [-0.2, 0) is 0 Å². The molecule has 0 fully saturated rings. The van der Waals surface area contributed by atoms with Gasteiger partial charge < -0.3 is 0 Å². The van der Waals surface area contributed by atoms with E-state index in [1.54, 1.807) is 0 Å². The summed E-state index contributed by atoms with van der Waals surface area (Å²) in [6.07, 6.45) is 2.45. The summed E-state index contributed by atoms with van der Waals surface area (Å²) in [7, 11) is 0. The first-order valence-electron chi connectivity index (χ1n) is 6.55. The van der Waals surface area contributed by atoms with Crippen LogP contribution in [0, 0.1) is 0 Å². The van der Waals surface area contributed by atoms with Crippen LogP contribution in [0.5, 0.6) is 0 Å². The first kappa shape index (κ1) is 16.7. The van der Waals surface area contributed by atoms with Crippen LogP contribution in [0.25, 0.3) is 0 Å². The van der Waals surface area contributed by atoms with Crippen LogP contribution >= 0.6 is 35.9 Å². The van der Waals surface area contributed by atoms with Crippen molar-refractivity contribution >= 4 is 54.8 Å². The fraction of sp³-hybridized carbons (Fsp3) is 0.250. The van der Waals surface area contributed by atoms with Crippen molar-refractivity contribution < 1.29 is 0 Å². The molecule has 0 aliphatic heterocycles. The summed E-state index contributed by atoms with van der Waals surface area (Å²) >= 11 is 15.4. The van der Waals surface area contributed by atoms with Crippen molar-refractivity contribution in [3.63, 3.8) is 0 Å².